The first-order valence-corrected chi connectivity index (χ1v) is 15.0. The average molecular weight is 617 g/mol. The molecule has 4 aromatic rings. The topological polar surface area (TPSA) is 173 Å². The average Bonchev–Trinajstić information content (AvgIpc) is 3.52. The largest absolute Gasteiger partial charge is 0.460 e. The van der Waals surface area contributed by atoms with Gasteiger partial charge in [0.1, 0.15) is 36.2 Å². The van der Waals surface area contributed by atoms with Gasteiger partial charge in [0.2, 0.25) is 5.28 Å². The van der Waals surface area contributed by atoms with E-state index in [0.717, 1.165) is 5.56 Å². The van der Waals surface area contributed by atoms with Gasteiger partial charge in [-0.2, -0.15) is 15.1 Å². The number of nitrogens with two attached hydrogens (primary N) is 1. The van der Waals surface area contributed by atoms with Crippen LogP contribution in [0.15, 0.2) is 67.0 Å². The molecule has 6 atom stereocenters. The lowest BCUT2D eigenvalue weighted by molar-refractivity contribution is -0.146. The number of imidazole rings is 1. The minimum absolute atomic E-state index is 0.0441. The second-order valence-corrected chi connectivity index (χ2v) is 11.8. The van der Waals surface area contributed by atoms with Gasteiger partial charge in [0.25, 0.3) is 0 Å². The van der Waals surface area contributed by atoms with Crippen LogP contribution in [0.25, 0.3) is 11.2 Å². The van der Waals surface area contributed by atoms with E-state index in [1.54, 1.807) is 41.8 Å². The zero-order valence-electron chi connectivity index (χ0n) is 22.7. The summed E-state index contributed by atoms with van der Waals surface area (Å²) in [6.45, 7) is 2.97. The van der Waals surface area contributed by atoms with Crippen LogP contribution in [0.5, 0.6) is 5.75 Å². The fourth-order valence-corrected chi connectivity index (χ4v) is 6.14. The molecule has 3 heterocycles. The summed E-state index contributed by atoms with van der Waals surface area (Å²) in [7, 11) is -4.19. The molecule has 13 nitrogen and oxygen atoms in total. The molecule has 0 amide bonds. The number of nitrogen functional groups attached to an aromatic ring is 1. The highest BCUT2D eigenvalue weighted by Crippen LogP contribution is 2.46. The summed E-state index contributed by atoms with van der Waals surface area (Å²) in [5, 5.41) is 13.6. The first-order valence-electron chi connectivity index (χ1n) is 13.1. The smallest absolute Gasteiger partial charge is 0.459 e. The van der Waals surface area contributed by atoms with Gasteiger partial charge in [0.15, 0.2) is 11.5 Å². The lowest BCUT2D eigenvalue weighted by Gasteiger charge is -2.24. The number of benzene rings is 2. The number of anilines is 1. The van der Waals surface area contributed by atoms with Gasteiger partial charge in [-0.3, -0.25) is 13.9 Å². The number of fused-ring (bicyclic) bond motifs is 1. The first-order chi connectivity index (χ1) is 20.1. The van der Waals surface area contributed by atoms with E-state index in [1.165, 1.54) is 13.3 Å². The molecule has 0 saturated carbocycles. The number of hydrogen-bond acceptors (Lipinski definition) is 11. The summed E-state index contributed by atoms with van der Waals surface area (Å²) in [5.41, 5.74) is 7.39. The summed E-state index contributed by atoms with van der Waals surface area (Å²) in [5.74, 6) is -0.759. The Morgan fingerprint density at radius 1 is 1.19 bits per heavy atom. The van der Waals surface area contributed by atoms with Crippen molar-refractivity contribution in [3.63, 3.8) is 0 Å². The maximum absolute atomic E-state index is 13.9. The number of ether oxygens (including phenoxy) is 2. The van der Waals surface area contributed by atoms with E-state index >= 15 is 0 Å². The third-order valence-electron chi connectivity index (χ3n) is 6.69. The van der Waals surface area contributed by atoms with Crippen molar-refractivity contribution >= 4 is 42.3 Å². The standard InChI is InChI=1S/C27H30ClN6O7P/c1-16-22(35)20(40-25(16)34-15-30-21-23(29)31-27(28)32-24(21)34)14-39-42(37,41-19-11-7-4-8-12-19)33-17(2)26(36)38-13-18-9-5-3-6-10-18/h3-12,15-17,20,22,25,35H,13-14H2,1-2H3,(H,33,37)(H2,29,31,32)/t16?,17-,20+,22?,25+,42?/m0/s1. The Balaban J connectivity index is 1.29. The van der Waals surface area contributed by atoms with Gasteiger partial charge < -0.3 is 24.8 Å². The van der Waals surface area contributed by atoms with E-state index in [9.17, 15) is 14.5 Å². The van der Waals surface area contributed by atoms with Crippen LogP contribution in [0.2, 0.25) is 5.28 Å². The molecule has 1 aliphatic heterocycles. The van der Waals surface area contributed by atoms with Gasteiger partial charge in [-0.15, -0.1) is 0 Å². The Morgan fingerprint density at radius 2 is 1.88 bits per heavy atom. The number of carbonyl (C=O) groups is 1. The highest BCUT2D eigenvalue weighted by atomic mass is 35.5. The van der Waals surface area contributed by atoms with Crippen LogP contribution < -0.4 is 15.3 Å². The van der Waals surface area contributed by atoms with Crippen molar-refractivity contribution < 1.29 is 33.0 Å². The second kappa shape index (κ2) is 12.7. The third kappa shape index (κ3) is 6.73. The lowest BCUT2D eigenvalue weighted by atomic mass is 10.0. The summed E-state index contributed by atoms with van der Waals surface area (Å²) in [4.78, 5) is 25.1. The molecule has 15 heteroatoms. The molecule has 1 aliphatic rings. The molecule has 0 bridgehead atoms. The van der Waals surface area contributed by atoms with Gasteiger partial charge in [0.05, 0.1) is 19.0 Å². The molecule has 1 fully saturated rings. The van der Waals surface area contributed by atoms with Gasteiger partial charge in [-0.05, 0) is 36.2 Å². The molecule has 1 saturated heterocycles. The molecule has 0 spiro atoms. The van der Waals surface area contributed by atoms with Crippen LogP contribution in [-0.2, 0) is 30.0 Å². The number of aliphatic hydroxyl groups excluding tert-OH is 1. The molecule has 0 radical (unpaired) electrons. The Labute approximate surface area is 246 Å². The van der Waals surface area contributed by atoms with Gasteiger partial charge >= 0.3 is 13.7 Å². The number of nitrogens with zero attached hydrogens (tertiary/aromatic N) is 4. The summed E-state index contributed by atoms with van der Waals surface area (Å²) in [6, 6.07) is 16.5. The van der Waals surface area contributed by atoms with Gasteiger partial charge in [0, 0.05) is 5.92 Å². The van der Waals surface area contributed by atoms with Crippen molar-refractivity contribution in [3.8, 4) is 5.75 Å². The SMILES string of the molecule is CC1C(O)[C@@H](COP(=O)(N[C@@H](C)C(=O)OCc2ccccc2)Oc2ccccc2)O[C@H]1n1cnc2c(N)nc(Cl)nc21. The lowest BCUT2D eigenvalue weighted by Crippen LogP contribution is -2.36. The van der Waals surface area contributed by atoms with Gasteiger partial charge in [-0.1, -0.05) is 55.5 Å². The van der Waals surface area contributed by atoms with Crippen LogP contribution in [0.3, 0.4) is 0 Å². The fourth-order valence-electron chi connectivity index (χ4n) is 4.47. The maximum Gasteiger partial charge on any atom is 0.459 e. The predicted octanol–water partition coefficient (Wildman–Crippen LogP) is 3.88. The number of rotatable bonds is 11. The molecule has 42 heavy (non-hydrogen) atoms. The monoisotopic (exact) mass is 616 g/mol. The zero-order chi connectivity index (χ0) is 29.9. The van der Waals surface area contributed by atoms with E-state index in [-0.39, 0.29) is 30.1 Å². The molecule has 2 aromatic heterocycles. The number of halogens is 1. The number of aliphatic hydroxyl groups is 1. The predicted molar refractivity (Wildman–Crippen MR) is 153 cm³/mol. The van der Waals surface area contributed by atoms with Crippen molar-refractivity contribution in [2.45, 2.75) is 44.9 Å². The van der Waals surface area contributed by atoms with Crippen molar-refractivity contribution in [2.24, 2.45) is 5.92 Å². The zero-order valence-corrected chi connectivity index (χ0v) is 24.4. The van der Waals surface area contributed by atoms with Crippen molar-refractivity contribution in [3.05, 3.63) is 77.8 Å². The molecule has 5 rings (SSSR count). The van der Waals surface area contributed by atoms with E-state index in [2.05, 4.69) is 20.0 Å². The Kier molecular flexibility index (Phi) is 9.07. The van der Waals surface area contributed by atoms with Gasteiger partial charge in [-0.25, -0.2) is 9.55 Å². The number of aromatic nitrogens is 4. The normalized spacial score (nSPS) is 22.5. The Hall–Kier alpha value is -3.58. The summed E-state index contributed by atoms with van der Waals surface area (Å²) in [6.07, 6.45) is -1.21. The van der Waals surface area contributed by atoms with E-state index in [4.69, 9.17) is 35.9 Å². The number of nitrogens with one attached hydrogen (secondary N) is 1. The quantitative estimate of drug-likeness (QED) is 0.126. The molecule has 3 unspecified atom stereocenters. The minimum atomic E-state index is -4.19. The van der Waals surface area contributed by atoms with Crippen molar-refractivity contribution in [1.82, 2.24) is 24.6 Å². The number of hydrogen-bond donors (Lipinski definition) is 3. The third-order valence-corrected chi connectivity index (χ3v) is 8.50. The molecular weight excluding hydrogens is 587 g/mol. The first kappa shape index (κ1) is 29.9. The van der Waals surface area contributed by atoms with E-state index < -0.39 is 44.1 Å². The van der Waals surface area contributed by atoms with Crippen LogP contribution in [0.1, 0.15) is 25.6 Å². The Morgan fingerprint density at radius 3 is 2.60 bits per heavy atom. The highest BCUT2D eigenvalue weighted by molar-refractivity contribution is 7.52. The molecule has 2 aromatic carbocycles. The van der Waals surface area contributed by atoms with Crippen LogP contribution in [0.4, 0.5) is 5.82 Å². The molecule has 4 N–H and O–H groups in total. The number of esters is 1. The fraction of sp³-hybridized carbons (Fsp3) is 0.333. The minimum Gasteiger partial charge on any atom is -0.460 e. The second-order valence-electron chi connectivity index (χ2n) is 9.76. The maximum atomic E-state index is 13.9. The van der Waals surface area contributed by atoms with Crippen molar-refractivity contribution in [2.75, 3.05) is 12.3 Å². The summed E-state index contributed by atoms with van der Waals surface area (Å²) >= 11 is 6.00. The molecule has 0 aliphatic carbocycles. The molecular formula is C27H30ClN6O7P. The van der Waals surface area contributed by atoms with E-state index in [0.29, 0.717) is 11.2 Å². The van der Waals surface area contributed by atoms with Crippen molar-refractivity contribution in [1.29, 1.82) is 0 Å². The van der Waals surface area contributed by atoms with E-state index in [1.807, 2.05) is 30.3 Å². The van der Waals surface area contributed by atoms with Crippen LogP contribution in [-0.4, -0.2) is 55.5 Å². The Bertz CT molecular complexity index is 1580. The number of para-hydroxylation sites is 1. The molecule has 222 valence electrons. The highest BCUT2D eigenvalue weighted by Gasteiger charge is 2.44. The van der Waals surface area contributed by atoms with Crippen LogP contribution >= 0.6 is 19.3 Å². The summed E-state index contributed by atoms with van der Waals surface area (Å²) < 4.78 is 38.4. The van der Waals surface area contributed by atoms with Crippen LogP contribution in [0, 0.1) is 5.92 Å². The number of carbonyl (C=O) groups excluding carboxylic acids is 1.